The second-order valence-corrected chi connectivity index (χ2v) is 9.66. The number of hydrogen-bond donors (Lipinski definition) is 0. The average molecular weight is 536 g/mol. The summed E-state index contributed by atoms with van der Waals surface area (Å²) in [6.07, 6.45) is 0.324. The Balaban J connectivity index is 1.14. The number of rotatable bonds is 9. The first kappa shape index (κ1) is 26.6. The Morgan fingerprint density at radius 1 is 1.08 bits per heavy atom. The lowest BCUT2D eigenvalue weighted by molar-refractivity contribution is -0.132. The fourth-order valence-electron chi connectivity index (χ4n) is 5.08. The Bertz CT molecular complexity index is 1290. The highest BCUT2D eigenvalue weighted by Crippen LogP contribution is 2.28. The van der Waals surface area contributed by atoms with Crippen LogP contribution in [0.2, 0.25) is 0 Å². The summed E-state index contributed by atoms with van der Waals surface area (Å²) in [5.74, 6) is 2.47. The van der Waals surface area contributed by atoms with Gasteiger partial charge in [0.1, 0.15) is 11.5 Å². The van der Waals surface area contributed by atoms with Gasteiger partial charge in [0.15, 0.2) is 12.5 Å². The molecule has 1 aromatic heterocycles. The number of carbonyl (C=O) groups excluding carboxylic acids is 2. The van der Waals surface area contributed by atoms with E-state index in [2.05, 4.69) is 15.0 Å². The summed E-state index contributed by atoms with van der Waals surface area (Å²) in [7, 11) is 3.20. The van der Waals surface area contributed by atoms with Gasteiger partial charge in [-0.2, -0.15) is 4.98 Å². The predicted octanol–water partition coefficient (Wildman–Crippen LogP) is 2.18. The fraction of sp³-hybridized carbons (Fsp3) is 0.429. The SMILES string of the molecule is COc1ccc(OC)c(CC(=O)N2CCN(CC3CN(c4ccc(-c5noc(C)n5)cc4)C(C=O)O3)CC2)c1. The van der Waals surface area contributed by atoms with Crippen LogP contribution in [0.15, 0.2) is 47.0 Å². The molecule has 1 amide bonds. The molecule has 39 heavy (non-hydrogen) atoms. The van der Waals surface area contributed by atoms with E-state index in [0.717, 1.165) is 36.2 Å². The third-order valence-corrected chi connectivity index (χ3v) is 7.16. The van der Waals surface area contributed by atoms with Crippen molar-refractivity contribution in [2.24, 2.45) is 0 Å². The topological polar surface area (TPSA) is 110 Å². The maximum absolute atomic E-state index is 13.0. The number of anilines is 1. The molecule has 3 heterocycles. The van der Waals surface area contributed by atoms with Gasteiger partial charge in [0.25, 0.3) is 0 Å². The standard InChI is InChI=1S/C28H33N5O6/c1-19-29-28(30-39-19)20-4-6-22(7-5-20)33-17-24(38-27(33)18-34)16-31-10-12-32(13-11-31)26(35)15-21-14-23(36-2)8-9-25(21)37-3/h4-9,14,18,24,27H,10-13,15-17H2,1-3H3. The number of ether oxygens (including phenoxy) is 3. The van der Waals surface area contributed by atoms with Crippen LogP contribution >= 0.6 is 0 Å². The zero-order valence-electron chi connectivity index (χ0n) is 22.4. The summed E-state index contributed by atoms with van der Waals surface area (Å²) in [5.41, 5.74) is 2.54. The lowest BCUT2D eigenvalue weighted by Gasteiger charge is -2.35. The molecule has 2 aliphatic rings. The molecule has 2 saturated heterocycles. The molecule has 2 aromatic carbocycles. The zero-order chi connectivity index (χ0) is 27.4. The van der Waals surface area contributed by atoms with Crippen molar-refractivity contribution in [2.45, 2.75) is 25.7 Å². The third-order valence-electron chi connectivity index (χ3n) is 7.16. The first-order valence-corrected chi connectivity index (χ1v) is 13.0. The molecule has 0 aliphatic carbocycles. The normalized spacial score (nSPS) is 19.8. The molecule has 0 spiro atoms. The lowest BCUT2D eigenvalue weighted by atomic mass is 10.1. The summed E-state index contributed by atoms with van der Waals surface area (Å²) in [6, 6.07) is 13.2. The molecular formula is C28H33N5O6. The molecule has 2 aliphatic heterocycles. The Kier molecular flexibility index (Phi) is 8.08. The van der Waals surface area contributed by atoms with Crippen molar-refractivity contribution in [3.63, 3.8) is 0 Å². The molecule has 3 aromatic rings. The number of aldehydes is 1. The van der Waals surface area contributed by atoms with E-state index in [1.807, 2.05) is 52.3 Å². The summed E-state index contributed by atoms with van der Waals surface area (Å²) < 4.78 is 21.9. The van der Waals surface area contributed by atoms with Crippen molar-refractivity contribution in [1.29, 1.82) is 0 Å². The van der Waals surface area contributed by atoms with Gasteiger partial charge in [-0.25, -0.2) is 0 Å². The molecule has 206 valence electrons. The zero-order valence-corrected chi connectivity index (χ0v) is 22.4. The van der Waals surface area contributed by atoms with Gasteiger partial charge in [0.2, 0.25) is 17.6 Å². The number of carbonyl (C=O) groups is 2. The number of aryl methyl sites for hydroxylation is 1. The van der Waals surface area contributed by atoms with Gasteiger partial charge >= 0.3 is 0 Å². The van der Waals surface area contributed by atoms with E-state index in [-0.39, 0.29) is 18.4 Å². The van der Waals surface area contributed by atoms with Gasteiger partial charge < -0.3 is 28.5 Å². The smallest absolute Gasteiger partial charge is 0.227 e. The second-order valence-electron chi connectivity index (χ2n) is 9.66. The Labute approximate surface area is 227 Å². The molecule has 0 saturated carbocycles. The molecule has 11 heteroatoms. The molecule has 0 bridgehead atoms. The van der Waals surface area contributed by atoms with E-state index >= 15 is 0 Å². The summed E-state index contributed by atoms with van der Waals surface area (Å²) >= 11 is 0. The summed E-state index contributed by atoms with van der Waals surface area (Å²) in [4.78, 5) is 35.2. The minimum absolute atomic E-state index is 0.0601. The van der Waals surface area contributed by atoms with Crippen molar-refractivity contribution in [2.75, 3.05) is 58.4 Å². The number of benzene rings is 2. The second kappa shape index (κ2) is 11.8. The van der Waals surface area contributed by atoms with Gasteiger partial charge in [-0.05, 0) is 42.5 Å². The van der Waals surface area contributed by atoms with Gasteiger partial charge in [-0.15, -0.1) is 0 Å². The molecule has 2 unspecified atom stereocenters. The van der Waals surface area contributed by atoms with Crippen molar-refractivity contribution < 1.29 is 28.3 Å². The van der Waals surface area contributed by atoms with Crippen LogP contribution in [0.3, 0.4) is 0 Å². The minimum Gasteiger partial charge on any atom is -0.497 e. The van der Waals surface area contributed by atoms with Crippen LogP contribution in [-0.4, -0.2) is 98.0 Å². The number of methoxy groups -OCH3 is 2. The molecule has 2 atom stereocenters. The Morgan fingerprint density at radius 2 is 1.85 bits per heavy atom. The van der Waals surface area contributed by atoms with Crippen molar-refractivity contribution in [1.82, 2.24) is 19.9 Å². The van der Waals surface area contributed by atoms with Crippen LogP contribution in [0, 0.1) is 6.92 Å². The highest BCUT2D eigenvalue weighted by molar-refractivity contribution is 5.80. The molecule has 11 nitrogen and oxygen atoms in total. The van der Waals surface area contributed by atoms with Crippen molar-refractivity contribution >= 4 is 17.9 Å². The van der Waals surface area contributed by atoms with Crippen LogP contribution in [0.1, 0.15) is 11.5 Å². The number of aromatic nitrogens is 2. The van der Waals surface area contributed by atoms with Crippen LogP contribution in [0.5, 0.6) is 11.5 Å². The first-order chi connectivity index (χ1) is 19.0. The van der Waals surface area contributed by atoms with Crippen LogP contribution in [0.25, 0.3) is 11.4 Å². The number of nitrogens with zero attached hydrogens (tertiary/aromatic N) is 5. The maximum Gasteiger partial charge on any atom is 0.227 e. The van der Waals surface area contributed by atoms with E-state index in [1.165, 1.54) is 0 Å². The Morgan fingerprint density at radius 3 is 2.49 bits per heavy atom. The summed E-state index contributed by atoms with van der Waals surface area (Å²) in [5, 5.41) is 3.95. The molecule has 5 rings (SSSR count). The van der Waals surface area contributed by atoms with Gasteiger partial charge in [0, 0.05) is 63.0 Å². The minimum atomic E-state index is -0.644. The molecule has 0 N–H and O–H groups in total. The fourth-order valence-corrected chi connectivity index (χ4v) is 5.08. The average Bonchev–Trinajstić information content (AvgIpc) is 3.59. The molecular weight excluding hydrogens is 502 g/mol. The van der Waals surface area contributed by atoms with E-state index in [9.17, 15) is 9.59 Å². The van der Waals surface area contributed by atoms with Crippen molar-refractivity contribution in [3.8, 4) is 22.9 Å². The number of hydrogen-bond acceptors (Lipinski definition) is 10. The lowest BCUT2D eigenvalue weighted by Crippen LogP contribution is -2.51. The summed E-state index contributed by atoms with van der Waals surface area (Å²) in [6.45, 7) is 5.78. The van der Waals surface area contributed by atoms with Crippen molar-refractivity contribution in [3.05, 3.63) is 53.9 Å². The predicted molar refractivity (Wildman–Crippen MR) is 143 cm³/mol. The third kappa shape index (κ3) is 6.04. The largest absolute Gasteiger partial charge is 0.497 e. The maximum atomic E-state index is 13.0. The van der Waals surface area contributed by atoms with E-state index in [4.69, 9.17) is 18.7 Å². The Hall–Kier alpha value is -3.96. The van der Waals surface area contributed by atoms with E-state index in [1.54, 1.807) is 21.1 Å². The van der Waals surface area contributed by atoms with Gasteiger partial charge in [-0.3, -0.25) is 14.5 Å². The van der Waals surface area contributed by atoms with Crippen LogP contribution in [0.4, 0.5) is 5.69 Å². The van der Waals surface area contributed by atoms with Gasteiger partial charge in [-0.1, -0.05) is 5.16 Å². The highest BCUT2D eigenvalue weighted by atomic mass is 16.5. The van der Waals surface area contributed by atoms with Crippen LogP contribution in [-0.2, 0) is 20.7 Å². The van der Waals surface area contributed by atoms with Gasteiger partial charge in [0.05, 0.1) is 26.7 Å². The van der Waals surface area contributed by atoms with E-state index in [0.29, 0.717) is 49.4 Å². The number of piperazine rings is 1. The quantitative estimate of drug-likeness (QED) is 0.378. The molecule has 2 fully saturated rings. The van der Waals surface area contributed by atoms with E-state index < -0.39 is 6.23 Å². The van der Waals surface area contributed by atoms with Crippen LogP contribution < -0.4 is 14.4 Å². The molecule has 0 radical (unpaired) electrons. The monoisotopic (exact) mass is 535 g/mol. The first-order valence-electron chi connectivity index (χ1n) is 13.0. The number of amides is 1. The highest BCUT2D eigenvalue weighted by Gasteiger charge is 2.34.